The molecule has 0 saturated carbocycles. The summed E-state index contributed by atoms with van der Waals surface area (Å²) in [5.74, 6) is -0.361. The zero-order valence-electron chi connectivity index (χ0n) is 27.7. The van der Waals surface area contributed by atoms with Gasteiger partial charge in [0.1, 0.15) is 6.10 Å². The van der Waals surface area contributed by atoms with Gasteiger partial charge in [-0.2, -0.15) is 0 Å². The second kappa shape index (κ2) is 31.9. The maximum Gasteiger partial charge on any atom is 0.469 e. The van der Waals surface area contributed by atoms with E-state index in [2.05, 4.69) is 18.4 Å². The van der Waals surface area contributed by atoms with Gasteiger partial charge in [-0.25, -0.2) is 4.57 Å². The van der Waals surface area contributed by atoms with E-state index in [0.29, 0.717) is 13.0 Å². The summed E-state index contributed by atoms with van der Waals surface area (Å²) in [6, 6.07) is 0. The maximum absolute atomic E-state index is 12.3. The molecule has 0 heterocycles. The first-order chi connectivity index (χ1) is 20.4. The van der Waals surface area contributed by atoms with E-state index in [1.165, 1.54) is 135 Å². The molecule has 0 aromatic rings. The first-order valence-corrected chi connectivity index (χ1v) is 19.4. The van der Waals surface area contributed by atoms with Gasteiger partial charge in [-0.3, -0.25) is 9.32 Å². The van der Waals surface area contributed by atoms with Gasteiger partial charge in [-0.15, -0.1) is 0 Å². The van der Waals surface area contributed by atoms with Gasteiger partial charge in [0.2, 0.25) is 0 Å². The lowest BCUT2D eigenvalue weighted by molar-refractivity contribution is -0.154. The van der Waals surface area contributed by atoms with Gasteiger partial charge in [-0.05, 0) is 12.8 Å². The number of rotatable bonds is 34. The molecule has 8 heteroatoms. The van der Waals surface area contributed by atoms with Crippen LogP contribution in [-0.2, 0) is 23.4 Å². The fourth-order valence-electron chi connectivity index (χ4n) is 5.26. The van der Waals surface area contributed by atoms with Crippen LogP contribution in [0.15, 0.2) is 0 Å². The number of hydrogen-bond acceptors (Lipinski definition) is 5. The van der Waals surface area contributed by atoms with Crippen LogP contribution in [0.1, 0.15) is 187 Å². The number of ether oxygens (including phenoxy) is 2. The molecule has 0 spiro atoms. The molecule has 0 saturated heterocycles. The maximum atomic E-state index is 12.3. The van der Waals surface area contributed by atoms with Crippen LogP contribution in [0.5, 0.6) is 0 Å². The van der Waals surface area contributed by atoms with Crippen molar-refractivity contribution < 1.29 is 33.1 Å². The van der Waals surface area contributed by atoms with Crippen LogP contribution in [0, 0.1) is 0 Å². The molecule has 2 N–H and O–H groups in total. The zero-order valence-corrected chi connectivity index (χ0v) is 28.6. The minimum Gasteiger partial charge on any atom is -0.457 e. The second-order valence-corrected chi connectivity index (χ2v) is 13.4. The first-order valence-electron chi connectivity index (χ1n) is 17.9. The summed E-state index contributed by atoms with van der Waals surface area (Å²) in [4.78, 5) is 30.4. The summed E-state index contributed by atoms with van der Waals surface area (Å²) < 4.78 is 26.8. The van der Waals surface area contributed by atoms with Crippen LogP contribution < -0.4 is 0 Å². The smallest absolute Gasteiger partial charge is 0.457 e. The summed E-state index contributed by atoms with van der Waals surface area (Å²) in [7, 11) is -4.63. The standard InChI is InChI=1S/C34H69O7P/c1-3-5-7-9-11-13-15-16-17-18-19-20-22-24-26-28-30-39-31-33(32-40-42(36,37)38)41-34(35)29-27-25-23-21-14-12-10-8-6-4-2/h33H,3-32H2,1-2H3,(H2,36,37,38)/t33-/m1/s1. The molecule has 1 atom stereocenters. The van der Waals surface area contributed by atoms with E-state index in [4.69, 9.17) is 19.3 Å². The lowest BCUT2D eigenvalue weighted by Crippen LogP contribution is -2.28. The SMILES string of the molecule is CCCCCCCCCCCCCCCCCCOC[C@H](COP(=O)(O)O)OC(=O)CCCCCCCCCCCC. The normalized spacial score (nSPS) is 12.6. The fraction of sp³-hybridized carbons (Fsp3) is 0.971. The Balaban J connectivity index is 3.77. The number of carbonyl (C=O) groups is 1. The topological polar surface area (TPSA) is 102 Å². The monoisotopic (exact) mass is 620 g/mol. The molecule has 0 aliphatic rings. The third-order valence-corrected chi connectivity index (χ3v) is 8.39. The minimum atomic E-state index is -4.63. The molecule has 0 radical (unpaired) electrons. The molecule has 0 fully saturated rings. The van der Waals surface area contributed by atoms with Crippen LogP contribution >= 0.6 is 7.82 Å². The third-order valence-electron chi connectivity index (χ3n) is 7.91. The molecule has 0 aliphatic heterocycles. The largest absolute Gasteiger partial charge is 0.469 e. The average molecular weight is 621 g/mol. The molecule has 0 aromatic heterocycles. The highest BCUT2D eigenvalue weighted by Gasteiger charge is 2.21. The predicted octanol–water partition coefficient (Wildman–Crippen LogP) is 10.6. The minimum absolute atomic E-state index is 0.0858. The summed E-state index contributed by atoms with van der Waals surface area (Å²) in [6.07, 6.45) is 32.4. The Kier molecular flexibility index (Phi) is 31.6. The van der Waals surface area contributed by atoms with Crippen molar-refractivity contribution in [2.24, 2.45) is 0 Å². The van der Waals surface area contributed by atoms with E-state index in [0.717, 1.165) is 32.1 Å². The quantitative estimate of drug-likeness (QED) is 0.0419. The van der Waals surface area contributed by atoms with Gasteiger partial charge in [0.15, 0.2) is 0 Å². The Hall–Kier alpha value is -0.460. The van der Waals surface area contributed by atoms with Crippen LogP contribution in [0.25, 0.3) is 0 Å². The Morgan fingerprint density at radius 1 is 0.548 bits per heavy atom. The van der Waals surface area contributed by atoms with Gasteiger partial charge in [0, 0.05) is 13.0 Å². The lowest BCUT2D eigenvalue weighted by Gasteiger charge is -2.18. The zero-order chi connectivity index (χ0) is 31.0. The van der Waals surface area contributed by atoms with Gasteiger partial charge in [-0.1, -0.05) is 168 Å². The summed E-state index contributed by atoms with van der Waals surface area (Å²) in [6.45, 7) is 4.76. The molecule has 0 unspecified atom stereocenters. The van der Waals surface area contributed by atoms with Crippen molar-refractivity contribution in [3.8, 4) is 0 Å². The summed E-state index contributed by atoms with van der Waals surface area (Å²) >= 11 is 0. The van der Waals surface area contributed by atoms with E-state index < -0.39 is 13.9 Å². The van der Waals surface area contributed by atoms with Crippen molar-refractivity contribution in [2.45, 2.75) is 193 Å². The first kappa shape index (κ1) is 41.5. The molecule has 0 bridgehead atoms. The number of esters is 1. The van der Waals surface area contributed by atoms with E-state index >= 15 is 0 Å². The van der Waals surface area contributed by atoms with Crippen molar-refractivity contribution in [1.29, 1.82) is 0 Å². The van der Waals surface area contributed by atoms with Crippen molar-refractivity contribution in [3.05, 3.63) is 0 Å². The highest BCUT2D eigenvalue weighted by atomic mass is 31.2. The molecule has 0 aromatic carbocycles. The Morgan fingerprint density at radius 2 is 0.905 bits per heavy atom. The van der Waals surface area contributed by atoms with Crippen molar-refractivity contribution in [1.82, 2.24) is 0 Å². The summed E-state index contributed by atoms with van der Waals surface area (Å²) in [5, 5.41) is 0. The van der Waals surface area contributed by atoms with E-state index in [1.807, 2.05) is 0 Å². The lowest BCUT2D eigenvalue weighted by atomic mass is 10.0. The Labute approximate surface area is 259 Å². The van der Waals surface area contributed by atoms with Gasteiger partial charge >= 0.3 is 13.8 Å². The van der Waals surface area contributed by atoms with Crippen LogP contribution in [0.4, 0.5) is 0 Å². The van der Waals surface area contributed by atoms with Crippen LogP contribution in [0.2, 0.25) is 0 Å². The van der Waals surface area contributed by atoms with Gasteiger partial charge < -0.3 is 19.3 Å². The number of carbonyl (C=O) groups excluding carboxylic acids is 1. The summed E-state index contributed by atoms with van der Waals surface area (Å²) in [5.41, 5.74) is 0. The van der Waals surface area contributed by atoms with Gasteiger partial charge in [0.05, 0.1) is 13.2 Å². The third kappa shape index (κ3) is 34.0. The van der Waals surface area contributed by atoms with Crippen LogP contribution in [-0.4, -0.2) is 41.7 Å². The highest BCUT2D eigenvalue weighted by molar-refractivity contribution is 7.46. The highest BCUT2D eigenvalue weighted by Crippen LogP contribution is 2.35. The fourth-order valence-corrected chi connectivity index (χ4v) is 5.63. The average Bonchev–Trinajstić information content (AvgIpc) is 2.95. The Morgan fingerprint density at radius 3 is 1.29 bits per heavy atom. The van der Waals surface area contributed by atoms with Crippen LogP contribution in [0.3, 0.4) is 0 Å². The predicted molar refractivity (Wildman–Crippen MR) is 175 cm³/mol. The van der Waals surface area contributed by atoms with Gasteiger partial charge in [0.25, 0.3) is 0 Å². The van der Waals surface area contributed by atoms with E-state index in [-0.39, 0.29) is 19.2 Å². The Bertz CT molecular complexity index is 611. The molecule has 0 amide bonds. The van der Waals surface area contributed by atoms with Crippen molar-refractivity contribution in [3.63, 3.8) is 0 Å². The number of phosphoric ester groups is 1. The molecule has 7 nitrogen and oxygen atoms in total. The number of unbranched alkanes of at least 4 members (excludes halogenated alkanes) is 24. The molecular weight excluding hydrogens is 551 g/mol. The number of hydrogen-bond donors (Lipinski definition) is 2. The van der Waals surface area contributed by atoms with E-state index in [9.17, 15) is 9.36 Å². The number of phosphoric acid groups is 1. The van der Waals surface area contributed by atoms with Crippen molar-refractivity contribution >= 4 is 13.8 Å². The molecular formula is C34H69O7P. The molecule has 42 heavy (non-hydrogen) atoms. The molecule has 252 valence electrons. The van der Waals surface area contributed by atoms with E-state index in [1.54, 1.807) is 0 Å². The molecule has 0 aliphatic carbocycles. The van der Waals surface area contributed by atoms with Crippen molar-refractivity contribution in [2.75, 3.05) is 19.8 Å². The molecule has 0 rings (SSSR count). The second-order valence-electron chi connectivity index (χ2n) is 12.2.